The molecule has 1 N–H and O–H groups in total. The molecule has 0 amide bonds. The van der Waals surface area contributed by atoms with E-state index in [-0.39, 0.29) is 24.5 Å². The van der Waals surface area contributed by atoms with E-state index in [4.69, 9.17) is 22.8 Å². The molecule has 4 rings (SSSR count). The zero-order valence-electron chi connectivity index (χ0n) is 20.5. The van der Waals surface area contributed by atoms with Crippen molar-refractivity contribution in [2.24, 2.45) is 0 Å². The molecule has 0 bridgehead atoms. The molecule has 178 valence electrons. The summed E-state index contributed by atoms with van der Waals surface area (Å²) in [5.41, 5.74) is 7.44. The van der Waals surface area contributed by atoms with Gasteiger partial charge in [-0.15, -0.1) is 6.42 Å². The van der Waals surface area contributed by atoms with E-state index in [0.717, 1.165) is 16.7 Å². The molecule has 35 heavy (non-hydrogen) atoms. The summed E-state index contributed by atoms with van der Waals surface area (Å²) in [4.78, 5) is 17.8. The van der Waals surface area contributed by atoms with Gasteiger partial charge in [-0.05, 0) is 86.2 Å². The van der Waals surface area contributed by atoms with Crippen LogP contribution in [-0.4, -0.2) is 14.7 Å². The average Bonchev–Trinajstić information content (AvgIpc) is 2.85. The number of benzene rings is 2. The van der Waals surface area contributed by atoms with Gasteiger partial charge in [-0.2, -0.15) is 0 Å². The van der Waals surface area contributed by atoms with Crippen molar-refractivity contribution < 1.29 is 9.84 Å². The summed E-state index contributed by atoms with van der Waals surface area (Å²) in [5.74, 6) is 2.64. The SMILES string of the molecule is C#CCn1c(=O)c(-c2cccc(Cl)c2OCc2c(C)c(C)c(C)c(C)c2C)c(O)c2cccnc21. The normalized spacial score (nSPS) is 11.0. The fraction of sp³-hybridized carbons (Fsp3) is 0.241. The largest absolute Gasteiger partial charge is 0.506 e. The van der Waals surface area contributed by atoms with Crippen LogP contribution in [0.15, 0.2) is 41.3 Å². The van der Waals surface area contributed by atoms with Crippen molar-refractivity contribution in [1.82, 2.24) is 9.55 Å². The number of terminal acetylenes is 1. The highest BCUT2D eigenvalue weighted by Crippen LogP contribution is 2.41. The molecule has 0 saturated carbocycles. The lowest BCUT2D eigenvalue weighted by Gasteiger charge is -2.21. The fourth-order valence-corrected chi connectivity index (χ4v) is 4.76. The van der Waals surface area contributed by atoms with Crippen LogP contribution in [0.3, 0.4) is 0 Å². The molecule has 4 aromatic rings. The first-order valence-corrected chi connectivity index (χ1v) is 11.7. The van der Waals surface area contributed by atoms with Gasteiger partial charge in [0.2, 0.25) is 0 Å². The van der Waals surface area contributed by atoms with Gasteiger partial charge in [0.05, 0.1) is 22.5 Å². The molecule has 0 radical (unpaired) electrons. The first-order valence-electron chi connectivity index (χ1n) is 11.3. The summed E-state index contributed by atoms with van der Waals surface area (Å²) in [6, 6.07) is 8.53. The van der Waals surface area contributed by atoms with Gasteiger partial charge < -0.3 is 9.84 Å². The molecule has 0 atom stereocenters. The Balaban J connectivity index is 1.91. The van der Waals surface area contributed by atoms with Gasteiger partial charge >= 0.3 is 0 Å². The van der Waals surface area contributed by atoms with Crippen molar-refractivity contribution in [1.29, 1.82) is 0 Å². The molecule has 5 nitrogen and oxygen atoms in total. The van der Waals surface area contributed by atoms with E-state index in [1.165, 1.54) is 21.3 Å². The number of fused-ring (bicyclic) bond motifs is 1. The summed E-state index contributed by atoms with van der Waals surface area (Å²) in [7, 11) is 0. The molecule has 2 heterocycles. The number of rotatable bonds is 5. The van der Waals surface area contributed by atoms with Gasteiger partial charge in [-0.3, -0.25) is 9.36 Å². The Kier molecular flexibility index (Phi) is 6.60. The summed E-state index contributed by atoms with van der Waals surface area (Å²) < 4.78 is 7.67. The van der Waals surface area contributed by atoms with Crippen LogP contribution >= 0.6 is 11.6 Å². The van der Waals surface area contributed by atoms with Crippen LogP contribution in [0.2, 0.25) is 5.02 Å². The van der Waals surface area contributed by atoms with Crippen LogP contribution in [0, 0.1) is 47.0 Å². The number of aromatic nitrogens is 2. The maximum Gasteiger partial charge on any atom is 0.264 e. The summed E-state index contributed by atoms with van der Waals surface area (Å²) >= 11 is 6.58. The fourth-order valence-electron chi connectivity index (χ4n) is 4.54. The van der Waals surface area contributed by atoms with E-state index in [1.54, 1.807) is 36.5 Å². The monoisotopic (exact) mass is 486 g/mol. The zero-order valence-corrected chi connectivity index (χ0v) is 21.2. The number of halogens is 1. The number of ether oxygens (including phenoxy) is 1. The van der Waals surface area contributed by atoms with E-state index in [1.807, 2.05) is 0 Å². The van der Waals surface area contributed by atoms with Crippen LogP contribution < -0.4 is 10.3 Å². The molecular weight excluding hydrogens is 460 g/mol. The smallest absolute Gasteiger partial charge is 0.264 e. The van der Waals surface area contributed by atoms with Crippen molar-refractivity contribution >= 4 is 22.6 Å². The molecule has 0 unspecified atom stereocenters. The average molecular weight is 487 g/mol. The van der Waals surface area contributed by atoms with Gasteiger partial charge in [0, 0.05) is 11.8 Å². The number of hydrogen-bond donors (Lipinski definition) is 1. The lowest BCUT2D eigenvalue weighted by Crippen LogP contribution is -2.23. The lowest BCUT2D eigenvalue weighted by molar-refractivity contribution is 0.305. The molecule has 0 spiro atoms. The van der Waals surface area contributed by atoms with Crippen LogP contribution in [0.25, 0.3) is 22.2 Å². The highest BCUT2D eigenvalue weighted by atomic mass is 35.5. The minimum atomic E-state index is -0.465. The Labute approximate surface area is 210 Å². The third-order valence-electron chi connectivity index (χ3n) is 7.00. The highest BCUT2D eigenvalue weighted by Gasteiger charge is 2.23. The summed E-state index contributed by atoms with van der Waals surface area (Å²) in [6.07, 6.45) is 7.08. The Bertz CT molecular complexity index is 1550. The Morgan fingerprint density at radius 2 is 1.69 bits per heavy atom. The van der Waals surface area contributed by atoms with Gasteiger partial charge in [0.1, 0.15) is 23.8 Å². The van der Waals surface area contributed by atoms with Crippen LogP contribution in [0.5, 0.6) is 11.5 Å². The minimum Gasteiger partial charge on any atom is -0.506 e. The predicted octanol–water partition coefficient (Wildman–Crippen LogP) is 6.18. The molecule has 2 aromatic carbocycles. The summed E-state index contributed by atoms with van der Waals surface area (Å²) in [5, 5.41) is 11.9. The molecular formula is C29H27ClN2O3. The van der Waals surface area contributed by atoms with Crippen molar-refractivity contribution in [3.63, 3.8) is 0 Å². The number of pyridine rings is 2. The zero-order chi connectivity index (χ0) is 25.4. The predicted molar refractivity (Wildman–Crippen MR) is 141 cm³/mol. The third kappa shape index (κ3) is 4.05. The van der Waals surface area contributed by atoms with Crippen molar-refractivity contribution in [2.75, 3.05) is 0 Å². The Morgan fingerprint density at radius 3 is 2.34 bits per heavy atom. The maximum absolute atomic E-state index is 13.5. The molecule has 0 aliphatic heterocycles. The van der Waals surface area contributed by atoms with Crippen molar-refractivity contribution in [3.8, 4) is 35.0 Å². The second kappa shape index (κ2) is 9.48. The van der Waals surface area contributed by atoms with Crippen molar-refractivity contribution in [3.05, 3.63) is 85.3 Å². The number of para-hydroxylation sites is 1. The van der Waals surface area contributed by atoms with E-state index in [2.05, 4.69) is 45.5 Å². The molecule has 0 saturated heterocycles. The number of hydrogen-bond acceptors (Lipinski definition) is 4. The molecule has 6 heteroatoms. The van der Waals surface area contributed by atoms with Gasteiger partial charge in [0.25, 0.3) is 5.56 Å². The van der Waals surface area contributed by atoms with Gasteiger partial charge in [-0.25, -0.2) is 4.98 Å². The molecule has 0 aliphatic carbocycles. The number of aromatic hydroxyl groups is 1. The number of nitrogens with zero attached hydrogens (tertiary/aromatic N) is 2. The van der Waals surface area contributed by atoms with E-state index < -0.39 is 5.56 Å². The van der Waals surface area contributed by atoms with E-state index >= 15 is 0 Å². The van der Waals surface area contributed by atoms with Gasteiger partial charge in [-0.1, -0.05) is 29.7 Å². The van der Waals surface area contributed by atoms with Gasteiger partial charge in [0.15, 0.2) is 0 Å². The van der Waals surface area contributed by atoms with Crippen LogP contribution in [0.1, 0.15) is 33.4 Å². The standard InChI is InChI=1S/C29H27ClN2O3/c1-7-14-32-28-22(11-9-13-31-28)26(33)25(29(32)34)21-10-8-12-24(30)27(21)35-15-23-19(5)17(3)16(2)18(4)20(23)6/h1,8-13,33H,14-15H2,2-6H3. The maximum atomic E-state index is 13.5. The van der Waals surface area contributed by atoms with Crippen LogP contribution in [0.4, 0.5) is 0 Å². The van der Waals surface area contributed by atoms with E-state index in [0.29, 0.717) is 27.4 Å². The van der Waals surface area contributed by atoms with Crippen LogP contribution in [-0.2, 0) is 13.2 Å². The second-order valence-electron chi connectivity index (χ2n) is 8.70. The van der Waals surface area contributed by atoms with Crippen molar-refractivity contribution in [2.45, 2.75) is 47.8 Å². The lowest BCUT2D eigenvalue weighted by atomic mass is 9.90. The Morgan fingerprint density at radius 1 is 1.03 bits per heavy atom. The Hall–Kier alpha value is -3.75. The second-order valence-corrected chi connectivity index (χ2v) is 9.11. The highest BCUT2D eigenvalue weighted by molar-refractivity contribution is 6.32. The topological polar surface area (TPSA) is 64.3 Å². The molecule has 0 aliphatic rings. The summed E-state index contributed by atoms with van der Waals surface area (Å²) in [6.45, 7) is 10.8. The van der Waals surface area contributed by atoms with E-state index in [9.17, 15) is 9.90 Å². The molecule has 0 fully saturated rings. The molecule has 2 aromatic heterocycles. The quantitative estimate of drug-likeness (QED) is 0.342. The minimum absolute atomic E-state index is 0.0106. The first-order chi connectivity index (χ1) is 16.7. The third-order valence-corrected chi connectivity index (χ3v) is 7.29. The first kappa shape index (κ1) is 24.4.